The summed E-state index contributed by atoms with van der Waals surface area (Å²) in [7, 11) is 0. The summed E-state index contributed by atoms with van der Waals surface area (Å²) in [6.07, 6.45) is 105. The van der Waals surface area contributed by atoms with Gasteiger partial charge >= 0.3 is 0 Å². The van der Waals surface area contributed by atoms with Gasteiger partial charge in [0, 0.05) is 35.3 Å². The predicted molar refractivity (Wildman–Crippen MR) is 637 cm³/mol. The molecular weight excluding hydrogens is 1770 g/mol. The maximum Gasteiger partial charge on any atom is 0.123 e. The second-order valence-electron chi connectivity index (χ2n) is 41.5. The fourth-order valence-corrected chi connectivity index (χ4v) is 19.2. The third kappa shape index (κ3) is 55.0. The molecule has 0 aliphatic heterocycles. The first kappa shape index (κ1) is 119. The molecular formula is C138H195NO6. The fraction of sp³-hybridized carbons (Fsp3) is 0.522. The van der Waals surface area contributed by atoms with Gasteiger partial charge in [-0.2, -0.15) is 0 Å². The molecule has 0 unspecified atom stereocenters. The molecule has 0 heterocycles. The van der Waals surface area contributed by atoms with Gasteiger partial charge in [-0.1, -0.05) is 570 Å². The van der Waals surface area contributed by atoms with Crippen LogP contribution in [0.25, 0.3) is 72.9 Å². The summed E-state index contributed by atoms with van der Waals surface area (Å²) in [6, 6.07) is 72.7. The van der Waals surface area contributed by atoms with Crippen molar-refractivity contribution in [2.24, 2.45) is 0 Å². The molecule has 0 atom stereocenters. The van der Waals surface area contributed by atoms with Gasteiger partial charge in [-0.25, -0.2) is 0 Å². The van der Waals surface area contributed by atoms with E-state index in [0.29, 0.717) is 0 Å². The van der Waals surface area contributed by atoms with Crippen LogP contribution in [-0.4, -0.2) is 39.6 Å². The van der Waals surface area contributed by atoms with Gasteiger partial charge < -0.3 is 33.3 Å². The number of hydrogen-bond acceptors (Lipinski definition) is 7. The van der Waals surface area contributed by atoms with Gasteiger partial charge in [-0.05, 0) is 178 Å². The maximum absolute atomic E-state index is 6.46. The molecule has 7 nitrogen and oxygen atoms in total. The van der Waals surface area contributed by atoms with Crippen LogP contribution in [0, 0.1) is 0 Å². The Morgan fingerprint density at radius 2 is 0.241 bits per heavy atom. The molecule has 0 saturated heterocycles. The molecule has 0 aliphatic carbocycles. The molecule has 9 aromatic rings. The Balaban J connectivity index is 0.866. The van der Waals surface area contributed by atoms with Crippen LogP contribution in [0.4, 0.5) is 17.1 Å². The average Bonchev–Trinajstić information content (AvgIpc) is 0.800. The van der Waals surface area contributed by atoms with Gasteiger partial charge in [0.05, 0.1) is 39.6 Å². The lowest BCUT2D eigenvalue weighted by atomic mass is 10.1. The lowest BCUT2D eigenvalue weighted by Gasteiger charge is -2.26. The highest BCUT2D eigenvalue weighted by molar-refractivity contribution is 5.82. The van der Waals surface area contributed by atoms with E-state index in [2.05, 4.69) is 320 Å². The number of rotatable bonds is 87. The Labute approximate surface area is 885 Å². The Hall–Kier alpha value is -9.98. The summed E-state index contributed by atoms with van der Waals surface area (Å²) in [4.78, 5) is 2.36. The molecule has 0 fully saturated rings. The van der Waals surface area contributed by atoms with Crippen LogP contribution < -0.4 is 33.3 Å². The molecule has 0 N–H and O–H groups in total. The Bertz CT molecular complexity index is 4270. The van der Waals surface area contributed by atoms with Crippen molar-refractivity contribution in [1.29, 1.82) is 0 Å². The first-order valence-electron chi connectivity index (χ1n) is 59.5. The predicted octanol–water partition coefficient (Wildman–Crippen LogP) is 44.0. The third-order valence-corrected chi connectivity index (χ3v) is 28.4. The Morgan fingerprint density at radius 3 is 0.372 bits per heavy atom. The highest BCUT2D eigenvalue weighted by Gasteiger charge is 2.16. The number of benzene rings is 9. The number of nitrogens with zero attached hydrogens (tertiary/aromatic N) is 1. The normalized spacial score (nSPS) is 11.8. The van der Waals surface area contributed by atoms with Crippen LogP contribution in [0.3, 0.4) is 0 Å². The van der Waals surface area contributed by atoms with Crippen LogP contribution in [0.1, 0.15) is 494 Å². The number of hydrogen-bond donors (Lipinski definition) is 0. The number of anilines is 3. The van der Waals surface area contributed by atoms with Gasteiger partial charge in [0.1, 0.15) is 34.5 Å². The van der Waals surface area contributed by atoms with E-state index < -0.39 is 0 Å². The lowest BCUT2D eigenvalue weighted by molar-refractivity contribution is 0.289. The molecule has 0 aliphatic rings. The van der Waals surface area contributed by atoms with E-state index in [1.54, 1.807) is 0 Å². The van der Waals surface area contributed by atoms with Crippen molar-refractivity contribution in [3.63, 3.8) is 0 Å². The van der Waals surface area contributed by atoms with Crippen LogP contribution in [-0.2, 0) is 0 Å². The van der Waals surface area contributed by atoms with Crippen molar-refractivity contribution in [1.82, 2.24) is 0 Å². The zero-order valence-electron chi connectivity index (χ0n) is 92.0. The number of unbranched alkanes of at least 4 members (excludes halogenated alkanes) is 54. The van der Waals surface area contributed by atoms with E-state index >= 15 is 0 Å². The van der Waals surface area contributed by atoms with Gasteiger partial charge in [0.15, 0.2) is 0 Å². The summed E-state index contributed by atoms with van der Waals surface area (Å²) >= 11 is 0. The molecule has 0 spiro atoms. The molecule has 0 saturated carbocycles. The van der Waals surface area contributed by atoms with Crippen molar-refractivity contribution in [3.05, 3.63) is 267 Å². The minimum absolute atomic E-state index is 0.728. The molecule has 0 bridgehead atoms. The first-order valence-corrected chi connectivity index (χ1v) is 59.5. The van der Waals surface area contributed by atoms with Crippen molar-refractivity contribution in [2.45, 2.75) is 427 Å². The second kappa shape index (κ2) is 79.2. The van der Waals surface area contributed by atoms with E-state index in [9.17, 15) is 0 Å². The van der Waals surface area contributed by atoms with Gasteiger partial charge in [0.2, 0.25) is 0 Å². The van der Waals surface area contributed by atoms with E-state index in [4.69, 9.17) is 28.4 Å². The third-order valence-electron chi connectivity index (χ3n) is 28.4. The van der Waals surface area contributed by atoms with Crippen molar-refractivity contribution < 1.29 is 28.4 Å². The van der Waals surface area contributed by atoms with Crippen molar-refractivity contribution >= 4 is 90.0 Å². The first-order chi connectivity index (χ1) is 71.7. The highest BCUT2D eigenvalue weighted by Crippen LogP contribution is 2.38. The lowest BCUT2D eigenvalue weighted by Crippen LogP contribution is -2.09. The minimum atomic E-state index is 0.728. The SMILES string of the molecule is CCCCCCCCCCCCOc1cc(/C=C/c2ccc(/C=C/c3ccc(N(c4ccc(/C=C/c5ccc(/C=C/c6cc(OCCCCCCCCCCCC)cc(OCCCCCCCCCCCC)c6)cc5)cc4)c4ccc(/C=C/c5ccc(/C=C/c6cc(OCCCCCCCCCCCC)cc(OCCCCCCCCCCCC)c6)cc5)cc4)cc3)cc2)cc(OCCCCCCCCCCCC)c1. The molecule has 145 heavy (non-hydrogen) atoms. The smallest absolute Gasteiger partial charge is 0.123 e. The Morgan fingerprint density at radius 1 is 0.131 bits per heavy atom. The summed E-state index contributed by atoms with van der Waals surface area (Å²) in [5, 5.41) is 0. The van der Waals surface area contributed by atoms with E-state index in [0.717, 1.165) is 196 Å². The average molecular weight is 1960 g/mol. The van der Waals surface area contributed by atoms with Gasteiger partial charge in [-0.15, -0.1) is 0 Å². The minimum Gasteiger partial charge on any atom is -0.493 e. The summed E-state index contributed by atoms with van der Waals surface area (Å²) in [5.41, 5.74) is 16.7. The fourth-order valence-electron chi connectivity index (χ4n) is 19.2. The molecule has 9 rings (SSSR count). The summed E-state index contributed by atoms with van der Waals surface area (Å²) in [5.74, 6) is 5.33. The van der Waals surface area contributed by atoms with Crippen molar-refractivity contribution in [3.8, 4) is 34.5 Å². The van der Waals surface area contributed by atoms with E-state index in [1.165, 1.54) is 347 Å². The highest BCUT2D eigenvalue weighted by atomic mass is 16.5. The molecule has 0 aromatic heterocycles. The molecule has 0 amide bonds. The van der Waals surface area contributed by atoms with Crippen LogP contribution in [0.5, 0.6) is 34.5 Å². The molecule has 0 radical (unpaired) electrons. The van der Waals surface area contributed by atoms with Crippen LogP contribution in [0.2, 0.25) is 0 Å². The standard InChI is InChI=1S/C138H195NO6/c1-7-13-19-25-31-37-43-49-55-61-103-140-133-109-127(110-134(115-133)141-104-62-56-50-44-38-32-26-20-14-8-2)88-85-121-73-67-118(68-74-121)79-82-124-91-97-130(98-92-124)139(131-99-93-125(94-100-131)83-80-119-69-75-122(76-70-119)86-89-128-111-135(142-105-63-57-51-45-39-33-27-21-15-9-3)116-136(112-128)143-106-64-58-52-46-40-34-28-22-16-10-4)132-101-95-126(96-102-132)84-81-120-71-77-123(78-72-120)87-90-129-113-137(144-107-65-59-53-47-41-35-29-23-17-11-5)117-138(114-129)145-108-66-60-54-48-42-36-30-24-18-12-6/h67-102,109-117H,7-66,103-108H2,1-6H3/b82-79+,83-80+,84-81+,88-85+,89-86+,90-87+. The largest absolute Gasteiger partial charge is 0.493 e. The monoisotopic (exact) mass is 1960 g/mol. The van der Waals surface area contributed by atoms with Gasteiger partial charge in [0.25, 0.3) is 0 Å². The Kier molecular flexibility index (Phi) is 64.8. The zero-order valence-corrected chi connectivity index (χ0v) is 92.0. The van der Waals surface area contributed by atoms with E-state index in [-0.39, 0.29) is 0 Å². The quantitative estimate of drug-likeness (QED) is 0.0278. The zero-order chi connectivity index (χ0) is 101. The molecule has 7 heteroatoms. The van der Waals surface area contributed by atoms with Crippen LogP contribution >= 0.6 is 0 Å². The second-order valence-corrected chi connectivity index (χ2v) is 41.5. The summed E-state index contributed by atoms with van der Waals surface area (Å²) in [6.45, 7) is 18.1. The van der Waals surface area contributed by atoms with Crippen LogP contribution in [0.15, 0.2) is 200 Å². The topological polar surface area (TPSA) is 58.6 Å². The molecule has 788 valence electrons. The number of ether oxygens (including phenoxy) is 6. The van der Waals surface area contributed by atoms with E-state index in [1.807, 2.05) is 0 Å². The molecule has 9 aromatic carbocycles. The maximum atomic E-state index is 6.46. The summed E-state index contributed by atoms with van der Waals surface area (Å²) < 4.78 is 38.8. The van der Waals surface area contributed by atoms with Gasteiger partial charge in [-0.3, -0.25) is 0 Å². The van der Waals surface area contributed by atoms with Crippen molar-refractivity contribution in [2.75, 3.05) is 44.5 Å².